The van der Waals surface area contributed by atoms with Gasteiger partial charge in [0.15, 0.2) is 0 Å². The summed E-state index contributed by atoms with van der Waals surface area (Å²) in [6, 6.07) is 16.2. The van der Waals surface area contributed by atoms with Gasteiger partial charge in [0.05, 0.1) is 0 Å². The van der Waals surface area contributed by atoms with Gasteiger partial charge in [-0.05, 0) is 73.9 Å². The summed E-state index contributed by atoms with van der Waals surface area (Å²) in [5, 5.41) is 8.88. The third-order valence-electron chi connectivity index (χ3n) is 5.38. The first-order valence-corrected chi connectivity index (χ1v) is 10.4. The lowest BCUT2D eigenvalue weighted by atomic mass is 9.82. The van der Waals surface area contributed by atoms with Crippen molar-refractivity contribution in [2.45, 2.75) is 38.8 Å². The van der Waals surface area contributed by atoms with Crippen LogP contribution in [-0.2, 0) is 13.1 Å². The number of nitrogens with one attached hydrogen (secondary N) is 2. The third-order valence-corrected chi connectivity index (χ3v) is 6.12. The van der Waals surface area contributed by atoms with E-state index in [4.69, 9.17) is 23.2 Å². The maximum absolute atomic E-state index is 6.21. The molecule has 0 saturated heterocycles. The van der Waals surface area contributed by atoms with E-state index in [0.29, 0.717) is 0 Å². The molecule has 140 valence electrons. The van der Waals surface area contributed by atoms with Crippen LogP contribution in [-0.4, -0.2) is 13.1 Å². The summed E-state index contributed by atoms with van der Waals surface area (Å²) in [5.41, 5.74) is 2.37. The second-order valence-corrected chi connectivity index (χ2v) is 8.15. The zero-order chi connectivity index (χ0) is 18.2. The van der Waals surface area contributed by atoms with Gasteiger partial charge < -0.3 is 10.6 Å². The molecule has 0 atom stereocenters. The maximum Gasteiger partial charge on any atom is 0.0450 e. The molecule has 0 radical (unpaired) electrons. The number of hydrogen-bond donors (Lipinski definition) is 2. The van der Waals surface area contributed by atoms with Crippen LogP contribution in [0.4, 0.5) is 0 Å². The van der Waals surface area contributed by atoms with Crippen molar-refractivity contribution in [3.63, 3.8) is 0 Å². The largest absolute Gasteiger partial charge is 0.312 e. The fourth-order valence-corrected chi connectivity index (χ4v) is 4.15. The SMILES string of the molecule is Clc1ccccc1CNC[C@H]1CC[C@H](CNCc2ccccc2Cl)CC1. The Morgan fingerprint density at radius 1 is 0.654 bits per heavy atom. The number of rotatable bonds is 8. The number of hydrogen-bond acceptors (Lipinski definition) is 2. The van der Waals surface area contributed by atoms with Gasteiger partial charge in [0, 0.05) is 23.1 Å². The summed E-state index contributed by atoms with van der Waals surface area (Å²) in [4.78, 5) is 0. The average Bonchev–Trinajstić information content (AvgIpc) is 2.66. The molecule has 1 saturated carbocycles. The van der Waals surface area contributed by atoms with Gasteiger partial charge in [-0.2, -0.15) is 0 Å². The van der Waals surface area contributed by atoms with Crippen LogP contribution in [0.1, 0.15) is 36.8 Å². The Morgan fingerprint density at radius 2 is 1.04 bits per heavy atom. The second kappa shape index (κ2) is 10.3. The summed E-state index contributed by atoms with van der Waals surface area (Å²) in [6.45, 7) is 3.90. The van der Waals surface area contributed by atoms with Gasteiger partial charge in [-0.1, -0.05) is 59.6 Å². The highest BCUT2D eigenvalue weighted by atomic mass is 35.5. The Labute approximate surface area is 167 Å². The van der Waals surface area contributed by atoms with E-state index in [9.17, 15) is 0 Å². The van der Waals surface area contributed by atoms with Crippen molar-refractivity contribution in [3.8, 4) is 0 Å². The first-order chi connectivity index (χ1) is 12.7. The van der Waals surface area contributed by atoms with E-state index < -0.39 is 0 Å². The molecule has 1 aliphatic carbocycles. The molecule has 2 aromatic rings. The second-order valence-electron chi connectivity index (χ2n) is 7.33. The Kier molecular flexibility index (Phi) is 7.82. The quantitative estimate of drug-likeness (QED) is 0.605. The van der Waals surface area contributed by atoms with Crippen LogP contribution in [0.5, 0.6) is 0 Å². The van der Waals surface area contributed by atoms with Crippen LogP contribution in [0.15, 0.2) is 48.5 Å². The van der Waals surface area contributed by atoms with Gasteiger partial charge >= 0.3 is 0 Å². The fourth-order valence-electron chi connectivity index (χ4n) is 3.75. The van der Waals surface area contributed by atoms with Gasteiger partial charge in [-0.15, -0.1) is 0 Å². The van der Waals surface area contributed by atoms with E-state index in [1.54, 1.807) is 0 Å². The highest BCUT2D eigenvalue weighted by Gasteiger charge is 2.20. The molecule has 0 aromatic heterocycles. The smallest absolute Gasteiger partial charge is 0.0450 e. The van der Waals surface area contributed by atoms with Crippen molar-refractivity contribution in [1.29, 1.82) is 0 Å². The minimum Gasteiger partial charge on any atom is -0.312 e. The van der Waals surface area contributed by atoms with E-state index in [0.717, 1.165) is 48.1 Å². The van der Waals surface area contributed by atoms with Crippen molar-refractivity contribution in [1.82, 2.24) is 10.6 Å². The molecular formula is C22H28Cl2N2. The summed E-state index contributed by atoms with van der Waals surface area (Å²) < 4.78 is 0. The molecular weight excluding hydrogens is 363 g/mol. The summed E-state index contributed by atoms with van der Waals surface area (Å²) in [6.07, 6.45) is 5.25. The monoisotopic (exact) mass is 390 g/mol. The minimum absolute atomic E-state index is 0.789. The van der Waals surface area contributed by atoms with E-state index in [2.05, 4.69) is 22.8 Å². The molecule has 0 aliphatic heterocycles. The molecule has 26 heavy (non-hydrogen) atoms. The van der Waals surface area contributed by atoms with Crippen molar-refractivity contribution in [2.75, 3.05) is 13.1 Å². The van der Waals surface area contributed by atoms with Crippen LogP contribution in [0.2, 0.25) is 10.0 Å². The summed E-state index contributed by atoms with van der Waals surface area (Å²) in [7, 11) is 0. The Hall–Kier alpha value is -1.06. The summed E-state index contributed by atoms with van der Waals surface area (Å²) >= 11 is 12.4. The molecule has 2 aromatic carbocycles. The molecule has 3 rings (SSSR count). The molecule has 0 spiro atoms. The molecule has 2 N–H and O–H groups in total. The first-order valence-electron chi connectivity index (χ1n) is 9.60. The van der Waals surface area contributed by atoms with E-state index in [1.807, 2.05) is 36.4 Å². The van der Waals surface area contributed by atoms with E-state index >= 15 is 0 Å². The number of benzene rings is 2. The van der Waals surface area contributed by atoms with Crippen LogP contribution < -0.4 is 10.6 Å². The van der Waals surface area contributed by atoms with Gasteiger partial charge in [-0.3, -0.25) is 0 Å². The third kappa shape index (κ3) is 5.99. The highest BCUT2D eigenvalue weighted by Crippen LogP contribution is 2.28. The van der Waals surface area contributed by atoms with Gasteiger partial charge in [0.1, 0.15) is 0 Å². The maximum atomic E-state index is 6.21. The average molecular weight is 391 g/mol. The molecule has 4 heteroatoms. The highest BCUT2D eigenvalue weighted by molar-refractivity contribution is 6.31. The van der Waals surface area contributed by atoms with Gasteiger partial charge in [-0.25, -0.2) is 0 Å². The predicted octanol–water partition coefficient (Wildman–Crippen LogP) is 5.68. The Bertz CT molecular complexity index is 622. The van der Waals surface area contributed by atoms with Crippen LogP contribution in [0, 0.1) is 11.8 Å². The normalized spacial score (nSPS) is 20.2. The molecule has 2 nitrogen and oxygen atoms in total. The van der Waals surface area contributed by atoms with Crippen LogP contribution >= 0.6 is 23.2 Å². The van der Waals surface area contributed by atoms with E-state index in [1.165, 1.54) is 36.8 Å². The van der Waals surface area contributed by atoms with Crippen molar-refractivity contribution in [3.05, 3.63) is 69.7 Å². The molecule has 0 unspecified atom stereocenters. The molecule has 0 amide bonds. The van der Waals surface area contributed by atoms with Gasteiger partial charge in [0.2, 0.25) is 0 Å². The van der Waals surface area contributed by atoms with Crippen LogP contribution in [0.3, 0.4) is 0 Å². The topological polar surface area (TPSA) is 24.1 Å². The summed E-state index contributed by atoms with van der Waals surface area (Å²) in [5.74, 6) is 1.58. The molecule has 1 fully saturated rings. The van der Waals surface area contributed by atoms with Crippen molar-refractivity contribution in [2.24, 2.45) is 11.8 Å². The minimum atomic E-state index is 0.789. The molecule has 0 bridgehead atoms. The predicted molar refractivity (Wildman–Crippen MR) is 112 cm³/mol. The van der Waals surface area contributed by atoms with Crippen LogP contribution in [0.25, 0.3) is 0 Å². The Balaban J connectivity index is 1.30. The number of halogens is 2. The van der Waals surface area contributed by atoms with Crippen molar-refractivity contribution >= 4 is 23.2 Å². The zero-order valence-electron chi connectivity index (χ0n) is 15.2. The fraction of sp³-hybridized carbons (Fsp3) is 0.455. The van der Waals surface area contributed by atoms with Gasteiger partial charge in [0.25, 0.3) is 0 Å². The first kappa shape index (κ1) is 19.7. The zero-order valence-corrected chi connectivity index (χ0v) is 16.7. The lowest BCUT2D eigenvalue weighted by Crippen LogP contribution is -2.30. The molecule has 1 aliphatic rings. The molecule has 0 heterocycles. The lowest BCUT2D eigenvalue weighted by molar-refractivity contribution is 0.261. The Morgan fingerprint density at radius 3 is 1.42 bits per heavy atom. The van der Waals surface area contributed by atoms with Crippen molar-refractivity contribution < 1.29 is 0 Å². The van der Waals surface area contributed by atoms with E-state index in [-0.39, 0.29) is 0 Å². The standard InChI is InChI=1S/C22H28Cl2N2/c23-21-7-3-1-5-19(21)15-25-13-17-9-11-18(12-10-17)14-26-16-20-6-2-4-8-22(20)24/h1-8,17-18,25-26H,9-16H2/t17-,18-. The lowest BCUT2D eigenvalue weighted by Gasteiger charge is -2.29.